The topological polar surface area (TPSA) is 48.0 Å². The molecule has 1 amide bonds. The molecule has 0 fully saturated rings. The van der Waals surface area contributed by atoms with E-state index in [0.717, 1.165) is 0 Å². The Hall–Kier alpha value is -1.50. The summed E-state index contributed by atoms with van der Waals surface area (Å²) in [6, 6.07) is 8.40. The van der Waals surface area contributed by atoms with Crippen molar-refractivity contribution >= 4 is 60.1 Å². The van der Waals surface area contributed by atoms with Crippen LogP contribution in [0.25, 0.3) is 0 Å². The number of nitrogens with zero attached hydrogens (tertiary/aromatic N) is 1. The largest absolute Gasteiger partial charge is 0.449 e. The molecule has 0 aromatic heterocycles. The Balaban J connectivity index is 1.75. The van der Waals surface area contributed by atoms with Crippen LogP contribution >= 0.6 is 0 Å². The summed E-state index contributed by atoms with van der Waals surface area (Å²) in [5.41, 5.74) is 4.66. The lowest BCUT2D eigenvalue weighted by Crippen LogP contribution is -2.65. The van der Waals surface area contributed by atoms with Crippen LogP contribution in [0.1, 0.15) is 55.1 Å². The van der Waals surface area contributed by atoms with Crippen LogP contribution in [0.3, 0.4) is 0 Å². The zero-order valence-electron chi connectivity index (χ0n) is 23.5. The van der Waals surface area contributed by atoms with Gasteiger partial charge < -0.3 is 13.0 Å². The van der Waals surface area contributed by atoms with Crippen LogP contribution in [0.2, 0.25) is 52.4 Å². The fraction of sp³-hybridized carbons (Fsp3) is 0.519. The Bertz CT molecular complexity index is 1270. The fourth-order valence-corrected chi connectivity index (χ4v) is 31.6. The van der Waals surface area contributed by atoms with E-state index in [1.54, 1.807) is 0 Å². The van der Waals surface area contributed by atoms with Gasteiger partial charge in [0.1, 0.15) is 5.60 Å². The van der Waals surface area contributed by atoms with Gasteiger partial charge in [0, 0.05) is 0 Å². The van der Waals surface area contributed by atoms with E-state index < -0.39 is 38.9 Å². The van der Waals surface area contributed by atoms with Crippen LogP contribution in [0.15, 0.2) is 24.3 Å². The van der Waals surface area contributed by atoms with E-state index in [1.807, 2.05) is 20.8 Å². The minimum atomic E-state index is -2.21. The average molecular weight is 554 g/mol. The summed E-state index contributed by atoms with van der Waals surface area (Å²) in [5, 5.41) is 5.99. The number of ether oxygens (including phenoxy) is 1. The normalized spacial score (nSPS) is 26.9. The number of carbonyl (C=O) groups excluding carboxylic acids is 1. The third-order valence-corrected chi connectivity index (χ3v) is 24.1. The number of fused-ring (bicyclic) bond motifs is 13. The molecule has 0 N–H and O–H groups in total. The van der Waals surface area contributed by atoms with E-state index in [2.05, 4.69) is 81.5 Å². The molecule has 6 rings (SSSR count). The summed E-state index contributed by atoms with van der Waals surface area (Å²) in [4.78, 5) is 16.0. The molecule has 36 heavy (non-hydrogen) atoms. The Morgan fingerprint density at radius 2 is 1.08 bits per heavy atom. The molecule has 4 heterocycles. The van der Waals surface area contributed by atoms with Crippen molar-refractivity contribution < 1.29 is 17.8 Å². The molecule has 4 aliphatic rings. The second-order valence-electron chi connectivity index (χ2n) is 13.9. The number of hydrogen-bond donors (Lipinski definition) is 0. The van der Waals surface area contributed by atoms with Crippen molar-refractivity contribution in [1.29, 1.82) is 0 Å². The van der Waals surface area contributed by atoms with E-state index in [0.29, 0.717) is 0 Å². The number of rotatable bonds is 0. The molecule has 2 unspecified atom stereocenters. The van der Waals surface area contributed by atoms with Gasteiger partial charge >= 0.3 is 6.09 Å². The average Bonchev–Trinajstić information content (AvgIpc) is 3.32. The minimum absolute atomic E-state index is 0.122. The predicted molar refractivity (Wildman–Crippen MR) is 155 cm³/mol. The monoisotopic (exact) mass is 553 g/mol. The Morgan fingerprint density at radius 1 is 0.722 bits per heavy atom. The molecule has 0 aliphatic carbocycles. The van der Waals surface area contributed by atoms with Crippen LogP contribution in [0.4, 0.5) is 4.79 Å². The van der Waals surface area contributed by atoms with Crippen LogP contribution in [0, 0.1) is 0 Å². The SMILES string of the molecule is CC(C)(C)OC(=O)N1C2c3ccccc3C1c1c2c2c(c3c1[Si](C)(C)O[Si]3(C)C)[Si](C)(C)O[Si]2(C)C. The van der Waals surface area contributed by atoms with E-state index in [-0.39, 0.29) is 18.2 Å². The molecule has 2 bridgehead atoms. The highest BCUT2D eigenvalue weighted by Gasteiger charge is 2.64. The first-order valence-corrected chi connectivity index (χ1v) is 24.8. The molecule has 0 spiro atoms. The first-order valence-electron chi connectivity index (χ1n) is 13.2. The van der Waals surface area contributed by atoms with Gasteiger partial charge in [-0.2, -0.15) is 0 Å². The van der Waals surface area contributed by atoms with Crippen LogP contribution in [-0.4, -0.2) is 49.9 Å². The first kappa shape index (κ1) is 24.8. The number of benzene rings is 2. The molecule has 9 heteroatoms. The van der Waals surface area contributed by atoms with Crippen LogP contribution < -0.4 is 20.7 Å². The summed E-state index contributed by atoms with van der Waals surface area (Å²) in [5.74, 6) is 0. The van der Waals surface area contributed by atoms with Gasteiger partial charge in [0.15, 0.2) is 0 Å². The summed E-state index contributed by atoms with van der Waals surface area (Å²) >= 11 is 0. The molecule has 0 saturated heterocycles. The molecule has 2 aromatic rings. The Labute approximate surface area is 219 Å². The maximum Gasteiger partial charge on any atom is 0.411 e. The maximum absolute atomic E-state index is 13.9. The summed E-state index contributed by atoms with van der Waals surface area (Å²) in [7, 11) is -8.72. The van der Waals surface area contributed by atoms with Gasteiger partial charge in [0.05, 0.1) is 12.1 Å². The second kappa shape index (κ2) is 6.92. The Morgan fingerprint density at radius 3 is 1.44 bits per heavy atom. The predicted octanol–water partition coefficient (Wildman–Crippen LogP) is 4.14. The highest BCUT2D eigenvalue weighted by Crippen LogP contribution is 2.57. The highest BCUT2D eigenvalue weighted by atomic mass is 28.4. The van der Waals surface area contributed by atoms with Crippen molar-refractivity contribution in [2.24, 2.45) is 0 Å². The van der Waals surface area contributed by atoms with Crippen molar-refractivity contribution in [2.45, 2.75) is 90.8 Å². The van der Waals surface area contributed by atoms with Gasteiger partial charge in [-0.05, 0) is 116 Å². The Kier molecular flexibility index (Phi) is 4.77. The van der Waals surface area contributed by atoms with Gasteiger partial charge in [-0.1, -0.05) is 24.3 Å². The van der Waals surface area contributed by atoms with Crippen LogP contribution in [0.5, 0.6) is 0 Å². The molecule has 2 atom stereocenters. The molecule has 5 nitrogen and oxygen atoms in total. The van der Waals surface area contributed by atoms with Crippen LogP contribution in [-0.2, 0) is 13.0 Å². The third kappa shape index (κ3) is 3.07. The van der Waals surface area contributed by atoms with E-state index >= 15 is 0 Å². The van der Waals surface area contributed by atoms with Crippen molar-refractivity contribution in [1.82, 2.24) is 4.90 Å². The third-order valence-electron chi connectivity index (χ3n) is 8.30. The summed E-state index contributed by atoms with van der Waals surface area (Å²) < 4.78 is 20.3. The van der Waals surface area contributed by atoms with E-state index in [4.69, 9.17) is 13.0 Å². The lowest BCUT2D eigenvalue weighted by molar-refractivity contribution is 0.0194. The smallest absolute Gasteiger partial charge is 0.411 e. The number of hydrogen-bond acceptors (Lipinski definition) is 4. The summed E-state index contributed by atoms with van der Waals surface area (Å²) in [6.45, 7) is 24.8. The van der Waals surface area contributed by atoms with Crippen molar-refractivity contribution in [3.63, 3.8) is 0 Å². The molecular formula is C27H39NO4Si4. The molecule has 4 aliphatic heterocycles. The van der Waals surface area contributed by atoms with E-state index in [9.17, 15) is 4.79 Å². The lowest BCUT2D eigenvalue weighted by atomic mass is 9.86. The zero-order chi connectivity index (χ0) is 26.4. The quantitative estimate of drug-likeness (QED) is 0.460. The van der Waals surface area contributed by atoms with Crippen molar-refractivity contribution in [3.8, 4) is 0 Å². The highest BCUT2D eigenvalue weighted by molar-refractivity contribution is 7.14. The van der Waals surface area contributed by atoms with Gasteiger partial charge in [-0.3, -0.25) is 4.90 Å². The number of amides is 1. The molecule has 2 aromatic carbocycles. The van der Waals surface area contributed by atoms with Gasteiger partial charge in [-0.25, -0.2) is 4.79 Å². The first-order chi connectivity index (χ1) is 16.4. The molecule has 0 saturated carbocycles. The van der Waals surface area contributed by atoms with Gasteiger partial charge in [0.2, 0.25) is 33.3 Å². The van der Waals surface area contributed by atoms with Crippen molar-refractivity contribution in [3.05, 3.63) is 46.5 Å². The standard InChI is InChI=1S/C27H39NO4Si4/c1-27(2,3)30-26(29)28-20-16-14-12-13-15-17(16)21(28)19-18(20)22-24(35(8,9)31-33(22,4)5)25-23(19)34(6,7)32-36(25,10)11/h12-15,20-21H,1-11H3. The molecule has 192 valence electrons. The van der Waals surface area contributed by atoms with Gasteiger partial charge in [0.25, 0.3) is 0 Å². The van der Waals surface area contributed by atoms with E-state index in [1.165, 1.54) is 43.0 Å². The zero-order valence-corrected chi connectivity index (χ0v) is 27.5. The fourth-order valence-electron chi connectivity index (χ4n) is 7.86. The molecule has 0 radical (unpaired) electrons. The lowest BCUT2D eigenvalue weighted by Gasteiger charge is -2.30. The minimum Gasteiger partial charge on any atom is -0.449 e. The maximum atomic E-state index is 13.9. The second-order valence-corrected chi connectivity index (χ2v) is 29.6. The van der Waals surface area contributed by atoms with Gasteiger partial charge in [-0.15, -0.1) is 0 Å². The van der Waals surface area contributed by atoms with Crippen molar-refractivity contribution in [2.75, 3.05) is 0 Å². The number of carbonyl (C=O) groups is 1. The summed E-state index contributed by atoms with van der Waals surface area (Å²) in [6.07, 6.45) is -0.225. The molecular weight excluding hydrogens is 515 g/mol.